The number of halogens is 1. The average molecular weight is 345 g/mol. The van der Waals surface area contributed by atoms with Crippen LogP contribution in [0.4, 0.5) is 0 Å². The van der Waals surface area contributed by atoms with Crippen molar-refractivity contribution in [2.45, 2.75) is 13.5 Å². The van der Waals surface area contributed by atoms with E-state index in [1.54, 1.807) is 24.3 Å². The Kier molecular flexibility index (Phi) is 6.05. The standard InChI is InChI=1S/C18H17ClN2O3/c1-3-24-17-15(19)8-14(9-16(17)23-2)18(22)21-11-13-6-4-5-12(7-13)10-20/h4-9H,3,11H2,1-2H3,(H,21,22). The Labute approximate surface area is 145 Å². The van der Waals surface area contributed by atoms with Crippen LogP contribution in [-0.2, 0) is 6.54 Å². The van der Waals surface area contributed by atoms with Crippen LogP contribution in [0.2, 0.25) is 5.02 Å². The number of rotatable bonds is 6. The molecule has 1 amide bonds. The molecule has 2 rings (SSSR count). The van der Waals surface area contributed by atoms with E-state index in [1.165, 1.54) is 13.2 Å². The molecule has 2 aromatic carbocycles. The molecule has 2 aromatic rings. The van der Waals surface area contributed by atoms with Gasteiger partial charge in [-0.1, -0.05) is 23.7 Å². The van der Waals surface area contributed by atoms with Crippen LogP contribution in [0.1, 0.15) is 28.4 Å². The van der Waals surface area contributed by atoms with Crippen molar-refractivity contribution in [2.75, 3.05) is 13.7 Å². The number of nitriles is 1. The number of hydrogen-bond donors (Lipinski definition) is 1. The highest BCUT2D eigenvalue weighted by molar-refractivity contribution is 6.32. The van der Waals surface area contributed by atoms with Crippen LogP contribution in [0.5, 0.6) is 11.5 Å². The van der Waals surface area contributed by atoms with Gasteiger partial charge in [0.05, 0.1) is 30.4 Å². The lowest BCUT2D eigenvalue weighted by Crippen LogP contribution is -2.23. The number of nitrogens with one attached hydrogen (secondary N) is 1. The normalized spacial score (nSPS) is 9.92. The highest BCUT2D eigenvalue weighted by Gasteiger charge is 2.15. The Balaban J connectivity index is 2.14. The van der Waals surface area contributed by atoms with Gasteiger partial charge in [0, 0.05) is 12.1 Å². The zero-order chi connectivity index (χ0) is 17.5. The first-order valence-corrected chi connectivity index (χ1v) is 7.74. The van der Waals surface area contributed by atoms with E-state index >= 15 is 0 Å². The highest BCUT2D eigenvalue weighted by Crippen LogP contribution is 2.36. The fourth-order valence-corrected chi connectivity index (χ4v) is 2.44. The van der Waals surface area contributed by atoms with Gasteiger partial charge in [0.15, 0.2) is 11.5 Å². The molecule has 0 fully saturated rings. The van der Waals surface area contributed by atoms with E-state index < -0.39 is 0 Å². The topological polar surface area (TPSA) is 71.3 Å². The van der Waals surface area contributed by atoms with E-state index in [2.05, 4.69) is 11.4 Å². The second kappa shape index (κ2) is 8.23. The third kappa shape index (κ3) is 4.18. The van der Waals surface area contributed by atoms with Crippen molar-refractivity contribution in [2.24, 2.45) is 0 Å². The number of carbonyl (C=O) groups excluding carboxylic acids is 1. The van der Waals surface area contributed by atoms with Crippen LogP contribution in [0.3, 0.4) is 0 Å². The molecule has 0 atom stereocenters. The van der Waals surface area contributed by atoms with Crippen LogP contribution in [0, 0.1) is 11.3 Å². The number of carbonyl (C=O) groups is 1. The smallest absolute Gasteiger partial charge is 0.251 e. The van der Waals surface area contributed by atoms with Gasteiger partial charge in [-0.3, -0.25) is 4.79 Å². The van der Waals surface area contributed by atoms with E-state index in [0.717, 1.165) is 5.56 Å². The molecular weight excluding hydrogens is 328 g/mol. The molecule has 0 saturated carbocycles. The van der Waals surface area contributed by atoms with Gasteiger partial charge in [-0.2, -0.15) is 5.26 Å². The fraction of sp³-hybridized carbons (Fsp3) is 0.222. The van der Waals surface area contributed by atoms with Gasteiger partial charge in [-0.25, -0.2) is 0 Å². The van der Waals surface area contributed by atoms with Crippen molar-refractivity contribution >= 4 is 17.5 Å². The summed E-state index contributed by atoms with van der Waals surface area (Å²) in [6, 6.07) is 12.2. The molecule has 0 radical (unpaired) electrons. The van der Waals surface area contributed by atoms with Crippen LogP contribution in [0.25, 0.3) is 0 Å². The first-order chi connectivity index (χ1) is 11.6. The first-order valence-electron chi connectivity index (χ1n) is 7.36. The van der Waals surface area contributed by atoms with Gasteiger partial charge < -0.3 is 14.8 Å². The second-order valence-corrected chi connectivity index (χ2v) is 5.32. The molecule has 0 aliphatic carbocycles. The third-order valence-electron chi connectivity index (χ3n) is 3.29. The minimum absolute atomic E-state index is 0.291. The van der Waals surface area contributed by atoms with Crippen LogP contribution >= 0.6 is 11.6 Å². The molecule has 0 aliphatic heterocycles. The molecule has 1 N–H and O–H groups in total. The summed E-state index contributed by atoms with van der Waals surface area (Å²) in [5, 5.41) is 12.0. The maximum atomic E-state index is 12.3. The van der Waals surface area contributed by atoms with Crippen molar-refractivity contribution in [1.82, 2.24) is 5.32 Å². The molecule has 0 aliphatic rings. The molecule has 24 heavy (non-hydrogen) atoms. The van der Waals surface area contributed by atoms with Crippen molar-refractivity contribution in [3.63, 3.8) is 0 Å². The predicted octanol–water partition coefficient (Wildman–Crippen LogP) is 3.55. The zero-order valence-electron chi connectivity index (χ0n) is 13.4. The van der Waals surface area contributed by atoms with E-state index in [9.17, 15) is 4.79 Å². The second-order valence-electron chi connectivity index (χ2n) is 4.92. The molecule has 6 heteroatoms. The van der Waals surface area contributed by atoms with E-state index in [0.29, 0.717) is 40.8 Å². The van der Waals surface area contributed by atoms with Gasteiger partial charge in [0.25, 0.3) is 5.91 Å². The maximum absolute atomic E-state index is 12.3. The largest absolute Gasteiger partial charge is 0.493 e. The Bertz CT molecular complexity index is 784. The van der Waals surface area contributed by atoms with Gasteiger partial charge in [-0.05, 0) is 36.8 Å². The summed E-state index contributed by atoms with van der Waals surface area (Å²) in [6.07, 6.45) is 0. The minimum atomic E-state index is -0.291. The predicted molar refractivity (Wildman–Crippen MR) is 91.5 cm³/mol. The Morgan fingerprint density at radius 3 is 2.79 bits per heavy atom. The SMILES string of the molecule is CCOc1c(Cl)cc(C(=O)NCc2cccc(C#N)c2)cc1OC. The monoisotopic (exact) mass is 344 g/mol. The molecule has 0 aromatic heterocycles. The first kappa shape index (κ1) is 17.6. The van der Waals surface area contributed by atoms with Crippen molar-refractivity contribution in [3.8, 4) is 17.6 Å². The summed E-state index contributed by atoms with van der Waals surface area (Å²) < 4.78 is 10.7. The van der Waals surface area contributed by atoms with E-state index in [4.69, 9.17) is 26.3 Å². The number of methoxy groups -OCH3 is 1. The summed E-state index contributed by atoms with van der Waals surface area (Å²) in [6.45, 7) is 2.59. The molecule has 0 bridgehead atoms. The molecule has 124 valence electrons. The number of ether oxygens (including phenoxy) is 2. The Morgan fingerprint density at radius 2 is 2.12 bits per heavy atom. The van der Waals surface area contributed by atoms with Gasteiger partial charge in [0.2, 0.25) is 0 Å². The van der Waals surface area contributed by atoms with Gasteiger partial charge in [0.1, 0.15) is 0 Å². The Hall–Kier alpha value is -2.71. The quantitative estimate of drug-likeness (QED) is 0.869. The summed E-state index contributed by atoms with van der Waals surface area (Å²) in [5.41, 5.74) is 1.76. The number of hydrogen-bond acceptors (Lipinski definition) is 4. The lowest BCUT2D eigenvalue weighted by Gasteiger charge is -2.13. The summed E-state index contributed by atoms with van der Waals surface area (Å²) in [7, 11) is 1.49. The van der Waals surface area contributed by atoms with Crippen LogP contribution < -0.4 is 14.8 Å². The summed E-state index contributed by atoms with van der Waals surface area (Å²) >= 11 is 6.17. The number of amides is 1. The van der Waals surface area contributed by atoms with E-state index in [1.807, 2.05) is 13.0 Å². The molecular formula is C18H17ClN2O3. The molecule has 5 nitrogen and oxygen atoms in total. The van der Waals surface area contributed by atoms with Crippen molar-refractivity contribution in [1.29, 1.82) is 5.26 Å². The fourth-order valence-electron chi connectivity index (χ4n) is 2.17. The lowest BCUT2D eigenvalue weighted by molar-refractivity contribution is 0.0950. The summed E-state index contributed by atoms with van der Waals surface area (Å²) in [4.78, 5) is 12.3. The Morgan fingerprint density at radius 1 is 1.33 bits per heavy atom. The molecule has 0 heterocycles. The van der Waals surface area contributed by atoms with Gasteiger partial charge in [-0.15, -0.1) is 0 Å². The van der Waals surface area contributed by atoms with Crippen LogP contribution in [0.15, 0.2) is 36.4 Å². The maximum Gasteiger partial charge on any atom is 0.251 e. The third-order valence-corrected chi connectivity index (χ3v) is 3.57. The molecule has 0 unspecified atom stereocenters. The van der Waals surface area contributed by atoms with Gasteiger partial charge >= 0.3 is 0 Å². The van der Waals surface area contributed by atoms with Crippen molar-refractivity contribution in [3.05, 3.63) is 58.1 Å². The number of nitrogens with zero attached hydrogens (tertiary/aromatic N) is 1. The van der Waals surface area contributed by atoms with Crippen LogP contribution in [-0.4, -0.2) is 19.6 Å². The molecule has 0 spiro atoms. The zero-order valence-corrected chi connectivity index (χ0v) is 14.2. The lowest BCUT2D eigenvalue weighted by atomic mass is 10.1. The summed E-state index contributed by atoms with van der Waals surface area (Å²) in [5.74, 6) is 0.529. The number of benzene rings is 2. The molecule has 0 saturated heterocycles. The average Bonchev–Trinajstić information content (AvgIpc) is 2.61. The van der Waals surface area contributed by atoms with E-state index in [-0.39, 0.29) is 5.91 Å². The minimum Gasteiger partial charge on any atom is -0.493 e. The highest BCUT2D eigenvalue weighted by atomic mass is 35.5. The van der Waals surface area contributed by atoms with Crippen molar-refractivity contribution < 1.29 is 14.3 Å².